The van der Waals surface area contributed by atoms with Crippen molar-refractivity contribution in [1.29, 1.82) is 0 Å². The molecule has 1 fully saturated rings. The highest BCUT2D eigenvalue weighted by molar-refractivity contribution is 6.32. The van der Waals surface area contributed by atoms with Crippen LogP contribution in [0.15, 0.2) is 22.9 Å². The smallest absolute Gasteiger partial charge is 0.256 e. The Morgan fingerprint density at radius 1 is 1.46 bits per heavy atom. The summed E-state index contributed by atoms with van der Waals surface area (Å²) < 4.78 is 10.9. The molecule has 1 saturated heterocycles. The topological polar surface area (TPSA) is 68.5 Å². The molecule has 0 spiro atoms. The van der Waals surface area contributed by atoms with Gasteiger partial charge in [-0.15, -0.1) is 0 Å². The maximum Gasteiger partial charge on any atom is 0.256 e. The fourth-order valence-electron chi connectivity index (χ4n) is 2.86. The Bertz CT molecular complexity index is 744. The van der Waals surface area contributed by atoms with E-state index in [1.165, 1.54) is 6.20 Å². The molecule has 1 aliphatic heterocycles. The van der Waals surface area contributed by atoms with Crippen LogP contribution in [-0.4, -0.2) is 33.6 Å². The molecule has 3 rings (SSSR count). The van der Waals surface area contributed by atoms with Crippen LogP contribution in [0.3, 0.4) is 0 Å². The van der Waals surface area contributed by atoms with E-state index in [4.69, 9.17) is 20.9 Å². The molecule has 0 saturated carbocycles. The average molecular weight is 350 g/mol. The van der Waals surface area contributed by atoms with E-state index in [2.05, 4.69) is 10.1 Å². The number of halogens is 1. The molecule has 24 heavy (non-hydrogen) atoms. The first-order valence-electron chi connectivity index (χ1n) is 8.02. The van der Waals surface area contributed by atoms with Gasteiger partial charge in [-0.3, -0.25) is 4.79 Å². The van der Waals surface area contributed by atoms with Crippen LogP contribution in [0.2, 0.25) is 5.02 Å². The average Bonchev–Trinajstić information content (AvgIpc) is 3.16. The number of rotatable bonds is 4. The molecule has 0 bridgehead atoms. The molecular weight excluding hydrogens is 330 g/mol. The van der Waals surface area contributed by atoms with Crippen LogP contribution in [0.4, 0.5) is 0 Å². The number of ether oxygens (including phenoxy) is 1. The van der Waals surface area contributed by atoms with Crippen molar-refractivity contribution in [3.63, 3.8) is 0 Å². The molecule has 1 amide bonds. The molecule has 1 unspecified atom stereocenters. The quantitative estimate of drug-likeness (QED) is 0.839. The predicted octanol–water partition coefficient (Wildman–Crippen LogP) is 3.80. The van der Waals surface area contributed by atoms with E-state index in [9.17, 15) is 4.79 Å². The molecule has 2 aromatic rings. The second-order valence-corrected chi connectivity index (χ2v) is 6.61. The molecule has 128 valence electrons. The van der Waals surface area contributed by atoms with Gasteiger partial charge in [-0.2, -0.15) is 0 Å². The Morgan fingerprint density at radius 2 is 2.25 bits per heavy atom. The lowest BCUT2D eigenvalue weighted by Crippen LogP contribution is -2.30. The van der Waals surface area contributed by atoms with Crippen LogP contribution in [-0.2, 0) is 0 Å². The van der Waals surface area contributed by atoms with E-state index in [0.29, 0.717) is 23.0 Å². The van der Waals surface area contributed by atoms with Gasteiger partial charge in [0.1, 0.15) is 5.02 Å². The highest BCUT2D eigenvalue weighted by atomic mass is 35.5. The number of amides is 1. The van der Waals surface area contributed by atoms with E-state index in [0.717, 1.165) is 24.3 Å². The Kier molecular flexibility index (Phi) is 4.76. The molecular formula is C17H20ClN3O3. The van der Waals surface area contributed by atoms with E-state index < -0.39 is 0 Å². The zero-order valence-electron chi connectivity index (χ0n) is 14.0. The van der Waals surface area contributed by atoms with E-state index in [1.807, 2.05) is 26.8 Å². The van der Waals surface area contributed by atoms with Crippen LogP contribution in [0.25, 0.3) is 0 Å². The molecule has 6 nitrogen and oxygen atoms in total. The summed E-state index contributed by atoms with van der Waals surface area (Å²) >= 11 is 6.19. The maximum absolute atomic E-state index is 12.8. The molecule has 0 aromatic carbocycles. The van der Waals surface area contributed by atoms with Crippen molar-refractivity contribution < 1.29 is 14.1 Å². The Hall–Kier alpha value is -2.08. The summed E-state index contributed by atoms with van der Waals surface area (Å²) in [7, 11) is 0. The number of aromatic nitrogens is 2. The van der Waals surface area contributed by atoms with Crippen molar-refractivity contribution in [2.24, 2.45) is 0 Å². The lowest BCUT2D eigenvalue weighted by molar-refractivity contribution is 0.0714. The van der Waals surface area contributed by atoms with E-state index in [1.54, 1.807) is 11.0 Å². The Balaban J connectivity index is 1.81. The lowest BCUT2D eigenvalue weighted by atomic mass is 10.1. The number of likely N-dealkylation sites (tertiary alicyclic amines) is 1. The summed E-state index contributed by atoms with van der Waals surface area (Å²) in [6, 6.07) is 3.39. The summed E-state index contributed by atoms with van der Waals surface area (Å²) in [5, 5.41) is 4.25. The van der Waals surface area contributed by atoms with Gasteiger partial charge >= 0.3 is 0 Å². The van der Waals surface area contributed by atoms with Gasteiger partial charge in [0.05, 0.1) is 23.4 Å². The van der Waals surface area contributed by atoms with Gasteiger partial charge in [0, 0.05) is 18.8 Å². The number of hydrogen-bond acceptors (Lipinski definition) is 5. The third-order valence-corrected chi connectivity index (χ3v) is 4.16. The molecule has 7 heteroatoms. The zero-order chi connectivity index (χ0) is 17.3. The van der Waals surface area contributed by atoms with Gasteiger partial charge in [-0.1, -0.05) is 16.8 Å². The normalized spacial score (nSPS) is 17.5. The molecule has 3 heterocycles. The number of hydrogen-bond donors (Lipinski definition) is 0. The molecule has 0 N–H and O–H groups in total. The molecule has 0 aliphatic carbocycles. The summed E-state index contributed by atoms with van der Waals surface area (Å²) in [5.74, 6) is 0.946. The van der Waals surface area contributed by atoms with Crippen LogP contribution in [0.5, 0.6) is 5.88 Å². The number of carbonyl (C=O) groups is 1. The van der Waals surface area contributed by atoms with Crippen LogP contribution in [0, 0.1) is 6.92 Å². The van der Waals surface area contributed by atoms with Gasteiger partial charge in [0.15, 0.2) is 5.76 Å². The van der Waals surface area contributed by atoms with Gasteiger partial charge in [0.25, 0.3) is 5.91 Å². The second kappa shape index (κ2) is 6.81. The van der Waals surface area contributed by atoms with Crippen molar-refractivity contribution in [2.75, 3.05) is 6.54 Å². The third kappa shape index (κ3) is 3.38. The van der Waals surface area contributed by atoms with Gasteiger partial charge in [-0.25, -0.2) is 4.98 Å². The predicted molar refractivity (Wildman–Crippen MR) is 89.3 cm³/mol. The summed E-state index contributed by atoms with van der Waals surface area (Å²) in [5.41, 5.74) is 1.25. The summed E-state index contributed by atoms with van der Waals surface area (Å²) in [6.07, 6.45) is 3.25. The minimum Gasteiger partial charge on any atom is -0.474 e. The first-order valence-corrected chi connectivity index (χ1v) is 8.40. The molecule has 0 radical (unpaired) electrons. The standard InChI is InChI=1S/C17H20ClN3O3/c1-10(2)23-16-13(18)8-12(9-19-16)17(22)21-6-4-5-14(21)15-7-11(3)20-24-15/h7-10,14H,4-6H2,1-3H3. The minimum atomic E-state index is -0.114. The maximum atomic E-state index is 12.8. The van der Waals surface area contributed by atoms with Crippen LogP contribution >= 0.6 is 11.6 Å². The monoisotopic (exact) mass is 349 g/mol. The van der Waals surface area contributed by atoms with E-state index in [-0.39, 0.29) is 18.1 Å². The van der Waals surface area contributed by atoms with Crippen molar-refractivity contribution >= 4 is 17.5 Å². The van der Waals surface area contributed by atoms with Crippen molar-refractivity contribution in [3.8, 4) is 5.88 Å². The largest absolute Gasteiger partial charge is 0.474 e. The van der Waals surface area contributed by atoms with Gasteiger partial charge in [-0.05, 0) is 39.7 Å². The Labute approximate surface area is 145 Å². The summed E-state index contributed by atoms with van der Waals surface area (Å²) in [6.45, 7) is 6.33. The number of aryl methyl sites for hydroxylation is 1. The highest BCUT2D eigenvalue weighted by Gasteiger charge is 2.33. The third-order valence-electron chi connectivity index (χ3n) is 3.89. The molecule has 1 atom stereocenters. The van der Waals surface area contributed by atoms with Crippen LogP contribution in [0.1, 0.15) is 54.5 Å². The number of nitrogens with zero attached hydrogens (tertiary/aromatic N) is 3. The van der Waals surface area contributed by atoms with Gasteiger partial charge in [0.2, 0.25) is 5.88 Å². The molecule has 2 aromatic heterocycles. The van der Waals surface area contributed by atoms with Crippen molar-refractivity contribution in [2.45, 2.75) is 45.8 Å². The summed E-state index contributed by atoms with van der Waals surface area (Å²) in [4.78, 5) is 18.8. The fourth-order valence-corrected chi connectivity index (χ4v) is 3.07. The Morgan fingerprint density at radius 3 is 2.88 bits per heavy atom. The number of pyridine rings is 1. The van der Waals surface area contributed by atoms with Crippen molar-refractivity contribution in [3.05, 3.63) is 40.4 Å². The second-order valence-electron chi connectivity index (χ2n) is 6.20. The highest BCUT2D eigenvalue weighted by Crippen LogP contribution is 2.34. The first-order chi connectivity index (χ1) is 11.5. The lowest BCUT2D eigenvalue weighted by Gasteiger charge is -2.22. The zero-order valence-corrected chi connectivity index (χ0v) is 14.7. The van der Waals surface area contributed by atoms with Crippen LogP contribution < -0.4 is 4.74 Å². The molecule has 1 aliphatic rings. The fraction of sp³-hybridized carbons (Fsp3) is 0.471. The van der Waals surface area contributed by atoms with E-state index >= 15 is 0 Å². The first kappa shape index (κ1) is 16.8. The van der Waals surface area contributed by atoms with Gasteiger partial charge < -0.3 is 14.2 Å². The SMILES string of the molecule is Cc1cc(C2CCCN2C(=O)c2cnc(OC(C)C)c(Cl)c2)on1. The number of carbonyl (C=O) groups excluding carboxylic acids is 1. The van der Waals surface area contributed by atoms with Crippen molar-refractivity contribution in [1.82, 2.24) is 15.0 Å². The minimum absolute atomic E-state index is 0.0331.